The predicted octanol–water partition coefficient (Wildman–Crippen LogP) is 3.20. The summed E-state index contributed by atoms with van der Waals surface area (Å²) in [4.78, 5) is 10.5. The highest BCUT2D eigenvalue weighted by atomic mass is 79.9. The second-order valence-corrected chi connectivity index (χ2v) is 5.45. The molecule has 0 unspecified atom stereocenters. The zero-order chi connectivity index (χ0) is 12.7. The van der Waals surface area contributed by atoms with Crippen molar-refractivity contribution in [2.45, 2.75) is 13.0 Å². The summed E-state index contributed by atoms with van der Waals surface area (Å²) in [5.74, 6) is 1.10. The van der Waals surface area contributed by atoms with Crippen molar-refractivity contribution in [3.8, 4) is 0 Å². The van der Waals surface area contributed by atoms with Crippen LogP contribution in [0.4, 0.5) is 5.69 Å². The smallest absolute Gasteiger partial charge is 0.273 e. The molecule has 0 saturated carbocycles. The standard InChI is InChI=1S/C11H15BrN2O2S/c1-17-6-2-5-13-8-9-7-10(12)3-4-11(9)14(15)16/h3-4,7,13H,2,5-6,8H2,1H3. The summed E-state index contributed by atoms with van der Waals surface area (Å²) in [7, 11) is 0. The van der Waals surface area contributed by atoms with Crippen LogP contribution in [0.1, 0.15) is 12.0 Å². The summed E-state index contributed by atoms with van der Waals surface area (Å²) in [6, 6.07) is 5.01. The van der Waals surface area contributed by atoms with E-state index in [9.17, 15) is 10.1 Å². The number of thioether (sulfide) groups is 1. The summed E-state index contributed by atoms with van der Waals surface area (Å²) in [5.41, 5.74) is 0.888. The Hall–Kier alpha value is -0.590. The molecule has 0 heterocycles. The van der Waals surface area contributed by atoms with E-state index in [0.717, 1.165) is 23.2 Å². The van der Waals surface area contributed by atoms with E-state index in [-0.39, 0.29) is 10.6 Å². The molecule has 94 valence electrons. The molecule has 0 amide bonds. The molecule has 0 aliphatic rings. The minimum atomic E-state index is -0.342. The molecule has 6 heteroatoms. The first-order valence-corrected chi connectivity index (χ1v) is 7.46. The lowest BCUT2D eigenvalue weighted by Crippen LogP contribution is -2.16. The number of benzene rings is 1. The number of hydrogen-bond donors (Lipinski definition) is 1. The lowest BCUT2D eigenvalue weighted by molar-refractivity contribution is -0.385. The topological polar surface area (TPSA) is 55.2 Å². The average molecular weight is 319 g/mol. The Balaban J connectivity index is 2.56. The first kappa shape index (κ1) is 14.5. The quantitative estimate of drug-likeness (QED) is 0.476. The van der Waals surface area contributed by atoms with Crippen molar-refractivity contribution in [2.24, 2.45) is 0 Å². The van der Waals surface area contributed by atoms with E-state index in [4.69, 9.17) is 0 Å². The van der Waals surface area contributed by atoms with Gasteiger partial charge in [0, 0.05) is 22.6 Å². The van der Waals surface area contributed by atoms with Crippen molar-refractivity contribution in [3.05, 3.63) is 38.3 Å². The molecule has 1 rings (SSSR count). The van der Waals surface area contributed by atoms with Crippen LogP contribution >= 0.6 is 27.7 Å². The summed E-state index contributed by atoms with van der Waals surface area (Å²) < 4.78 is 0.865. The summed E-state index contributed by atoms with van der Waals surface area (Å²) in [6.07, 6.45) is 3.14. The number of halogens is 1. The van der Waals surface area contributed by atoms with Gasteiger partial charge in [0.15, 0.2) is 0 Å². The van der Waals surface area contributed by atoms with Crippen molar-refractivity contribution < 1.29 is 4.92 Å². The number of nitrogens with zero attached hydrogens (tertiary/aromatic N) is 1. The third-order valence-corrected chi connectivity index (χ3v) is 3.45. The summed E-state index contributed by atoms with van der Waals surface area (Å²) in [6.45, 7) is 1.41. The maximum absolute atomic E-state index is 10.8. The van der Waals surface area contributed by atoms with Gasteiger partial charge in [0.1, 0.15) is 0 Å². The molecule has 0 aliphatic heterocycles. The summed E-state index contributed by atoms with van der Waals surface area (Å²) in [5, 5.41) is 14.0. The van der Waals surface area contributed by atoms with Crippen LogP contribution in [0.2, 0.25) is 0 Å². The molecule has 0 fully saturated rings. The molecule has 1 aromatic carbocycles. The molecule has 1 aromatic rings. The highest BCUT2D eigenvalue weighted by Gasteiger charge is 2.12. The Morgan fingerprint density at radius 2 is 2.29 bits per heavy atom. The highest BCUT2D eigenvalue weighted by Crippen LogP contribution is 2.22. The Kier molecular flexibility index (Phi) is 6.54. The maximum atomic E-state index is 10.8. The van der Waals surface area contributed by atoms with Crippen LogP contribution in [0.3, 0.4) is 0 Å². The minimum absolute atomic E-state index is 0.172. The van der Waals surface area contributed by atoms with Crippen molar-refractivity contribution in [2.75, 3.05) is 18.6 Å². The van der Waals surface area contributed by atoms with Crippen LogP contribution in [0.25, 0.3) is 0 Å². The lowest BCUT2D eigenvalue weighted by Gasteiger charge is -2.05. The van der Waals surface area contributed by atoms with Gasteiger partial charge in [-0.05, 0) is 37.1 Å². The molecule has 1 N–H and O–H groups in total. The highest BCUT2D eigenvalue weighted by molar-refractivity contribution is 9.10. The number of nitrogens with one attached hydrogen (secondary N) is 1. The van der Waals surface area contributed by atoms with Crippen molar-refractivity contribution in [1.82, 2.24) is 5.32 Å². The van der Waals surface area contributed by atoms with Gasteiger partial charge in [-0.15, -0.1) is 0 Å². The second kappa shape index (κ2) is 7.68. The number of hydrogen-bond acceptors (Lipinski definition) is 4. The fraction of sp³-hybridized carbons (Fsp3) is 0.455. The SMILES string of the molecule is CSCCCNCc1cc(Br)ccc1[N+](=O)[O-]. The van der Waals surface area contributed by atoms with Gasteiger partial charge in [-0.1, -0.05) is 15.9 Å². The predicted molar refractivity (Wildman–Crippen MR) is 75.5 cm³/mol. The fourth-order valence-electron chi connectivity index (χ4n) is 1.44. The molecule has 0 saturated heterocycles. The first-order valence-electron chi connectivity index (χ1n) is 5.27. The van der Waals surface area contributed by atoms with Crippen LogP contribution < -0.4 is 5.32 Å². The number of nitro benzene ring substituents is 1. The summed E-state index contributed by atoms with van der Waals surface area (Å²) >= 11 is 5.13. The molecule has 4 nitrogen and oxygen atoms in total. The van der Waals surface area contributed by atoms with E-state index in [1.54, 1.807) is 23.9 Å². The van der Waals surface area contributed by atoms with Gasteiger partial charge in [0.25, 0.3) is 5.69 Å². The normalized spacial score (nSPS) is 10.5. The molecular weight excluding hydrogens is 304 g/mol. The van der Waals surface area contributed by atoms with Crippen LogP contribution in [0.15, 0.2) is 22.7 Å². The van der Waals surface area contributed by atoms with Crippen LogP contribution in [-0.4, -0.2) is 23.5 Å². The van der Waals surface area contributed by atoms with E-state index in [2.05, 4.69) is 27.5 Å². The molecule has 0 bridgehead atoms. The Bertz CT molecular complexity index is 388. The van der Waals surface area contributed by atoms with Crippen molar-refractivity contribution in [1.29, 1.82) is 0 Å². The Labute approximate surface area is 113 Å². The molecule has 0 radical (unpaired) electrons. The Morgan fingerprint density at radius 3 is 2.94 bits per heavy atom. The molecule has 0 atom stereocenters. The largest absolute Gasteiger partial charge is 0.312 e. The van der Waals surface area contributed by atoms with Gasteiger partial charge in [-0.25, -0.2) is 0 Å². The van der Waals surface area contributed by atoms with Gasteiger partial charge < -0.3 is 5.32 Å². The average Bonchev–Trinajstić information content (AvgIpc) is 2.28. The molecule has 0 aromatic heterocycles. The molecule has 0 aliphatic carbocycles. The van der Waals surface area contributed by atoms with Crippen LogP contribution in [-0.2, 0) is 6.54 Å². The number of rotatable bonds is 7. The van der Waals surface area contributed by atoms with E-state index in [0.29, 0.717) is 12.1 Å². The minimum Gasteiger partial charge on any atom is -0.312 e. The molecule has 0 spiro atoms. The van der Waals surface area contributed by atoms with Gasteiger partial charge in [-0.2, -0.15) is 11.8 Å². The first-order chi connectivity index (χ1) is 8.15. The van der Waals surface area contributed by atoms with E-state index >= 15 is 0 Å². The number of nitro groups is 1. The van der Waals surface area contributed by atoms with Crippen LogP contribution in [0.5, 0.6) is 0 Å². The molecular formula is C11H15BrN2O2S. The van der Waals surface area contributed by atoms with Gasteiger partial charge in [-0.3, -0.25) is 10.1 Å². The van der Waals surface area contributed by atoms with Crippen molar-refractivity contribution in [3.63, 3.8) is 0 Å². The van der Waals surface area contributed by atoms with E-state index in [1.165, 1.54) is 6.07 Å². The third kappa shape index (κ3) is 5.06. The van der Waals surface area contributed by atoms with E-state index < -0.39 is 0 Å². The lowest BCUT2D eigenvalue weighted by atomic mass is 10.2. The monoisotopic (exact) mass is 318 g/mol. The third-order valence-electron chi connectivity index (χ3n) is 2.26. The van der Waals surface area contributed by atoms with Crippen molar-refractivity contribution >= 4 is 33.4 Å². The van der Waals surface area contributed by atoms with Gasteiger partial charge in [0.05, 0.1) is 4.92 Å². The second-order valence-electron chi connectivity index (χ2n) is 3.55. The van der Waals surface area contributed by atoms with Gasteiger partial charge >= 0.3 is 0 Å². The van der Waals surface area contributed by atoms with E-state index in [1.807, 2.05) is 0 Å². The zero-order valence-electron chi connectivity index (χ0n) is 9.61. The van der Waals surface area contributed by atoms with Gasteiger partial charge in [0.2, 0.25) is 0 Å². The maximum Gasteiger partial charge on any atom is 0.273 e. The van der Waals surface area contributed by atoms with Crippen LogP contribution in [0, 0.1) is 10.1 Å². The Morgan fingerprint density at radius 1 is 1.53 bits per heavy atom. The fourth-order valence-corrected chi connectivity index (χ4v) is 2.28. The molecule has 17 heavy (non-hydrogen) atoms. The zero-order valence-corrected chi connectivity index (χ0v) is 12.0.